The molecule has 0 saturated heterocycles. The van der Waals surface area contributed by atoms with Crippen molar-refractivity contribution in [1.82, 2.24) is 0 Å². The molecule has 0 fully saturated rings. The molecule has 1 aromatic rings. The predicted molar refractivity (Wildman–Crippen MR) is 51.5 cm³/mol. The van der Waals surface area contributed by atoms with Crippen molar-refractivity contribution in [3.63, 3.8) is 0 Å². The molecule has 2 N–H and O–H groups in total. The van der Waals surface area contributed by atoms with Crippen LogP contribution in [-0.2, 0) is 11.3 Å². The molecule has 2 nitrogen and oxygen atoms in total. The Bertz CT molecular complexity index is 307. The number of anilines is 1. The Balaban J connectivity index is 2.51. The van der Waals surface area contributed by atoms with E-state index in [0.29, 0.717) is 16.3 Å². The molecular weight excluding hydrogens is 212 g/mol. The number of hydrogen-bond donors (Lipinski definition) is 1. The van der Waals surface area contributed by atoms with Crippen molar-refractivity contribution in [2.45, 2.75) is 13.0 Å². The third-order valence-corrected chi connectivity index (χ3v) is 1.93. The lowest BCUT2D eigenvalue weighted by atomic mass is 10.2. The van der Waals surface area contributed by atoms with Gasteiger partial charge in [-0.05, 0) is 17.7 Å². The third kappa shape index (κ3) is 3.47. The summed E-state index contributed by atoms with van der Waals surface area (Å²) in [5, 5.41) is 0.430. The summed E-state index contributed by atoms with van der Waals surface area (Å²) in [6.07, 6.45) is -2.46. The van der Waals surface area contributed by atoms with Crippen LogP contribution in [0.15, 0.2) is 18.2 Å². The summed E-state index contributed by atoms with van der Waals surface area (Å²) in [4.78, 5) is 0. The third-order valence-electron chi connectivity index (χ3n) is 1.58. The molecule has 0 bridgehead atoms. The summed E-state index contributed by atoms with van der Waals surface area (Å²) >= 11 is 5.80. The van der Waals surface area contributed by atoms with Crippen LogP contribution in [0.5, 0.6) is 0 Å². The summed E-state index contributed by atoms with van der Waals surface area (Å²) in [6.45, 7) is -0.510. The van der Waals surface area contributed by atoms with E-state index in [-0.39, 0.29) is 6.61 Å². The van der Waals surface area contributed by atoms with Crippen LogP contribution in [0, 0.1) is 0 Å². The SMILES string of the molecule is Nc1ccc(COCC(F)F)c(Cl)c1. The highest BCUT2D eigenvalue weighted by molar-refractivity contribution is 6.31. The molecule has 0 amide bonds. The van der Waals surface area contributed by atoms with E-state index in [1.807, 2.05) is 0 Å². The fourth-order valence-electron chi connectivity index (χ4n) is 0.939. The molecular formula is C9H10ClF2NO. The van der Waals surface area contributed by atoms with Gasteiger partial charge in [0.25, 0.3) is 6.43 Å². The van der Waals surface area contributed by atoms with Crippen molar-refractivity contribution < 1.29 is 13.5 Å². The van der Waals surface area contributed by atoms with Gasteiger partial charge in [-0.3, -0.25) is 0 Å². The molecule has 0 aliphatic carbocycles. The molecule has 0 atom stereocenters. The van der Waals surface area contributed by atoms with E-state index in [2.05, 4.69) is 0 Å². The molecule has 0 radical (unpaired) electrons. The number of halogens is 3. The summed E-state index contributed by atoms with van der Waals surface area (Å²) in [7, 11) is 0. The van der Waals surface area contributed by atoms with Gasteiger partial charge in [-0.1, -0.05) is 17.7 Å². The van der Waals surface area contributed by atoms with Crippen LogP contribution in [0.25, 0.3) is 0 Å². The Hall–Kier alpha value is -0.870. The zero-order valence-corrected chi connectivity index (χ0v) is 8.10. The van der Waals surface area contributed by atoms with Crippen molar-refractivity contribution in [3.05, 3.63) is 28.8 Å². The molecule has 0 aromatic heterocycles. The Kier molecular flexibility index (Phi) is 4.10. The van der Waals surface area contributed by atoms with Gasteiger partial charge in [0.15, 0.2) is 0 Å². The average Bonchev–Trinajstić information content (AvgIpc) is 2.08. The Labute approximate surface area is 85.6 Å². The average molecular weight is 222 g/mol. The minimum absolute atomic E-state index is 0.0729. The smallest absolute Gasteiger partial charge is 0.261 e. The lowest BCUT2D eigenvalue weighted by Crippen LogP contribution is -2.04. The zero-order valence-electron chi connectivity index (χ0n) is 7.34. The first-order valence-electron chi connectivity index (χ1n) is 3.99. The molecule has 0 aliphatic heterocycles. The van der Waals surface area contributed by atoms with Crippen LogP contribution < -0.4 is 5.73 Å². The fourth-order valence-corrected chi connectivity index (χ4v) is 1.18. The normalized spacial score (nSPS) is 10.9. The predicted octanol–water partition coefficient (Wildman–Crippen LogP) is 2.70. The van der Waals surface area contributed by atoms with E-state index < -0.39 is 13.0 Å². The van der Waals surface area contributed by atoms with Crippen molar-refractivity contribution in [2.24, 2.45) is 0 Å². The van der Waals surface area contributed by atoms with Crippen molar-refractivity contribution in [2.75, 3.05) is 12.3 Å². The van der Waals surface area contributed by atoms with Crippen molar-refractivity contribution >= 4 is 17.3 Å². The highest BCUT2D eigenvalue weighted by Crippen LogP contribution is 2.19. The van der Waals surface area contributed by atoms with E-state index in [1.165, 1.54) is 0 Å². The quantitative estimate of drug-likeness (QED) is 0.794. The van der Waals surface area contributed by atoms with Crippen LogP contribution >= 0.6 is 11.6 Å². The van der Waals surface area contributed by atoms with E-state index in [0.717, 1.165) is 0 Å². The van der Waals surface area contributed by atoms with Crippen molar-refractivity contribution in [1.29, 1.82) is 0 Å². The van der Waals surface area contributed by atoms with Gasteiger partial charge in [0.05, 0.1) is 6.61 Å². The number of ether oxygens (including phenoxy) is 1. The van der Waals surface area contributed by atoms with Gasteiger partial charge in [0, 0.05) is 10.7 Å². The number of rotatable bonds is 4. The Morgan fingerprint density at radius 1 is 1.43 bits per heavy atom. The van der Waals surface area contributed by atoms with Crippen LogP contribution in [0.4, 0.5) is 14.5 Å². The highest BCUT2D eigenvalue weighted by Gasteiger charge is 2.04. The molecule has 0 aliphatic rings. The van der Waals surface area contributed by atoms with Crippen LogP contribution in [0.3, 0.4) is 0 Å². The maximum absolute atomic E-state index is 11.7. The summed E-state index contributed by atoms with van der Waals surface area (Å²) in [5.74, 6) is 0. The first-order valence-corrected chi connectivity index (χ1v) is 4.37. The Morgan fingerprint density at radius 3 is 2.71 bits per heavy atom. The first kappa shape index (κ1) is 11.2. The molecule has 1 rings (SSSR count). The van der Waals surface area contributed by atoms with E-state index in [9.17, 15) is 8.78 Å². The van der Waals surface area contributed by atoms with Crippen LogP contribution in [0.2, 0.25) is 5.02 Å². The largest absolute Gasteiger partial charge is 0.399 e. The minimum atomic E-state index is -2.46. The van der Waals surface area contributed by atoms with Gasteiger partial charge >= 0.3 is 0 Å². The topological polar surface area (TPSA) is 35.2 Å². The van der Waals surface area contributed by atoms with Gasteiger partial charge in [-0.15, -0.1) is 0 Å². The maximum atomic E-state index is 11.7. The second-order valence-electron chi connectivity index (χ2n) is 2.76. The van der Waals surface area contributed by atoms with E-state index in [4.69, 9.17) is 22.1 Å². The first-order chi connectivity index (χ1) is 6.59. The van der Waals surface area contributed by atoms with Crippen LogP contribution in [-0.4, -0.2) is 13.0 Å². The molecule has 5 heteroatoms. The zero-order chi connectivity index (χ0) is 10.6. The molecule has 78 valence electrons. The Morgan fingerprint density at radius 2 is 2.14 bits per heavy atom. The van der Waals surface area contributed by atoms with Crippen molar-refractivity contribution in [3.8, 4) is 0 Å². The minimum Gasteiger partial charge on any atom is -0.399 e. The molecule has 0 spiro atoms. The molecule has 1 aromatic carbocycles. The van der Waals surface area contributed by atoms with E-state index >= 15 is 0 Å². The van der Waals surface area contributed by atoms with Gasteiger partial charge in [-0.2, -0.15) is 0 Å². The summed E-state index contributed by atoms with van der Waals surface area (Å²) in [5.41, 5.74) is 6.65. The van der Waals surface area contributed by atoms with Gasteiger partial charge in [0.2, 0.25) is 0 Å². The lowest BCUT2D eigenvalue weighted by Gasteiger charge is -2.06. The second kappa shape index (κ2) is 5.12. The number of nitrogen functional groups attached to an aromatic ring is 1. The standard InChI is InChI=1S/C9H10ClF2NO/c10-8-3-7(13)2-1-6(8)4-14-5-9(11)12/h1-3,9H,4-5,13H2. The van der Waals surface area contributed by atoms with Gasteiger partial charge in [0.1, 0.15) is 6.61 Å². The van der Waals surface area contributed by atoms with E-state index in [1.54, 1.807) is 18.2 Å². The number of benzene rings is 1. The molecule has 14 heavy (non-hydrogen) atoms. The maximum Gasteiger partial charge on any atom is 0.261 e. The fraction of sp³-hybridized carbons (Fsp3) is 0.333. The van der Waals surface area contributed by atoms with Gasteiger partial charge < -0.3 is 10.5 Å². The van der Waals surface area contributed by atoms with Crippen LogP contribution in [0.1, 0.15) is 5.56 Å². The highest BCUT2D eigenvalue weighted by atomic mass is 35.5. The second-order valence-corrected chi connectivity index (χ2v) is 3.16. The molecule has 0 unspecified atom stereocenters. The number of alkyl halides is 2. The lowest BCUT2D eigenvalue weighted by molar-refractivity contribution is 0.00990. The van der Waals surface area contributed by atoms with Gasteiger partial charge in [-0.25, -0.2) is 8.78 Å². The molecule has 0 heterocycles. The summed E-state index contributed by atoms with van der Waals surface area (Å²) < 4.78 is 28.2. The number of hydrogen-bond acceptors (Lipinski definition) is 2. The number of nitrogens with two attached hydrogens (primary N) is 1. The molecule has 0 saturated carbocycles. The monoisotopic (exact) mass is 221 g/mol. The summed E-state index contributed by atoms with van der Waals surface area (Å²) in [6, 6.07) is 4.86.